The van der Waals surface area contributed by atoms with Gasteiger partial charge < -0.3 is 15.4 Å². The first kappa shape index (κ1) is 17.0. The molecule has 1 aliphatic heterocycles. The molecule has 25 heavy (non-hydrogen) atoms. The lowest BCUT2D eigenvalue weighted by Crippen LogP contribution is -2.53. The molecule has 0 aliphatic carbocycles. The van der Waals surface area contributed by atoms with Crippen molar-refractivity contribution in [3.8, 4) is 11.5 Å². The van der Waals surface area contributed by atoms with Gasteiger partial charge in [0.15, 0.2) is 0 Å². The van der Waals surface area contributed by atoms with Gasteiger partial charge >= 0.3 is 0 Å². The number of nitrogens with one attached hydrogen (secondary N) is 2. The first-order chi connectivity index (χ1) is 12.1. The lowest BCUT2D eigenvalue weighted by molar-refractivity contribution is -0.127. The monoisotopic (exact) mass is 339 g/mol. The summed E-state index contributed by atoms with van der Waals surface area (Å²) in [6, 6.07) is 16.3. The second-order valence-corrected chi connectivity index (χ2v) is 5.93. The summed E-state index contributed by atoms with van der Waals surface area (Å²) in [4.78, 5) is 25.7. The Labute approximate surface area is 146 Å². The Morgan fingerprint density at radius 2 is 1.80 bits per heavy atom. The number of para-hydroxylation sites is 1. The standard InChI is InChI=1S/C19H21N3O3/c1-14(22-12-11-20-18(23)13-22)19(24)21-15-7-9-17(10-8-15)25-16-5-3-2-4-6-16/h2-10,14H,11-13H2,1H3,(H,20,23)(H,21,24)/t14-/m1/s1. The van der Waals surface area contributed by atoms with Gasteiger partial charge in [-0.3, -0.25) is 14.5 Å². The number of amides is 2. The number of nitrogens with zero attached hydrogens (tertiary/aromatic N) is 1. The van der Waals surface area contributed by atoms with E-state index in [0.29, 0.717) is 24.5 Å². The molecular weight excluding hydrogens is 318 g/mol. The minimum atomic E-state index is -0.369. The topological polar surface area (TPSA) is 70.7 Å². The summed E-state index contributed by atoms with van der Waals surface area (Å²) >= 11 is 0. The molecule has 2 aromatic rings. The molecule has 0 saturated carbocycles. The van der Waals surface area contributed by atoms with Crippen molar-refractivity contribution in [2.75, 3.05) is 25.0 Å². The molecule has 1 atom stereocenters. The summed E-state index contributed by atoms with van der Waals surface area (Å²) in [5, 5.41) is 5.63. The lowest BCUT2D eigenvalue weighted by atomic mass is 10.2. The van der Waals surface area contributed by atoms with Crippen molar-refractivity contribution >= 4 is 17.5 Å². The van der Waals surface area contributed by atoms with E-state index in [4.69, 9.17) is 4.74 Å². The quantitative estimate of drug-likeness (QED) is 0.876. The molecule has 6 heteroatoms. The van der Waals surface area contributed by atoms with E-state index < -0.39 is 0 Å². The molecule has 2 aromatic carbocycles. The highest BCUT2D eigenvalue weighted by Crippen LogP contribution is 2.22. The van der Waals surface area contributed by atoms with Gasteiger partial charge in [0, 0.05) is 18.8 Å². The van der Waals surface area contributed by atoms with E-state index >= 15 is 0 Å². The highest BCUT2D eigenvalue weighted by atomic mass is 16.5. The first-order valence-electron chi connectivity index (χ1n) is 8.26. The smallest absolute Gasteiger partial charge is 0.241 e. The number of anilines is 1. The van der Waals surface area contributed by atoms with Crippen molar-refractivity contribution in [3.05, 3.63) is 54.6 Å². The predicted molar refractivity (Wildman–Crippen MR) is 95.6 cm³/mol. The number of rotatable bonds is 5. The zero-order valence-corrected chi connectivity index (χ0v) is 14.1. The molecule has 2 amide bonds. The molecule has 0 unspecified atom stereocenters. The van der Waals surface area contributed by atoms with Crippen LogP contribution in [0.1, 0.15) is 6.92 Å². The van der Waals surface area contributed by atoms with Crippen LogP contribution in [-0.4, -0.2) is 42.4 Å². The average molecular weight is 339 g/mol. The van der Waals surface area contributed by atoms with Gasteiger partial charge in [0.05, 0.1) is 12.6 Å². The van der Waals surface area contributed by atoms with Gasteiger partial charge in [0.25, 0.3) is 0 Å². The fourth-order valence-electron chi connectivity index (χ4n) is 2.63. The zero-order valence-electron chi connectivity index (χ0n) is 14.1. The third kappa shape index (κ3) is 4.58. The molecular formula is C19H21N3O3. The zero-order chi connectivity index (χ0) is 17.6. The Bertz CT molecular complexity index is 731. The summed E-state index contributed by atoms with van der Waals surface area (Å²) in [6.45, 7) is 3.30. The van der Waals surface area contributed by atoms with Gasteiger partial charge in [-0.15, -0.1) is 0 Å². The second kappa shape index (κ2) is 7.81. The highest BCUT2D eigenvalue weighted by Gasteiger charge is 2.25. The van der Waals surface area contributed by atoms with Crippen LogP contribution in [-0.2, 0) is 9.59 Å². The Hall–Kier alpha value is -2.86. The van der Waals surface area contributed by atoms with Crippen LogP contribution in [0.3, 0.4) is 0 Å². The lowest BCUT2D eigenvalue weighted by Gasteiger charge is -2.31. The van der Waals surface area contributed by atoms with Crippen molar-refractivity contribution in [2.24, 2.45) is 0 Å². The van der Waals surface area contributed by atoms with Crippen LogP contribution in [0.4, 0.5) is 5.69 Å². The molecule has 0 bridgehead atoms. The Morgan fingerprint density at radius 3 is 2.48 bits per heavy atom. The molecule has 1 fully saturated rings. The maximum absolute atomic E-state index is 12.4. The van der Waals surface area contributed by atoms with Crippen molar-refractivity contribution < 1.29 is 14.3 Å². The number of carbonyl (C=O) groups is 2. The molecule has 130 valence electrons. The van der Waals surface area contributed by atoms with Crippen LogP contribution in [0.15, 0.2) is 54.6 Å². The minimum Gasteiger partial charge on any atom is -0.457 e. The Balaban J connectivity index is 1.57. The second-order valence-electron chi connectivity index (χ2n) is 5.93. The first-order valence-corrected chi connectivity index (χ1v) is 8.26. The maximum atomic E-state index is 12.4. The van der Waals surface area contributed by atoms with Crippen molar-refractivity contribution in [2.45, 2.75) is 13.0 Å². The summed E-state index contributed by atoms with van der Waals surface area (Å²) in [5.74, 6) is 1.28. The van der Waals surface area contributed by atoms with Crippen LogP contribution < -0.4 is 15.4 Å². The van der Waals surface area contributed by atoms with E-state index in [1.807, 2.05) is 47.4 Å². The van der Waals surface area contributed by atoms with E-state index in [2.05, 4.69) is 10.6 Å². The van der Waals surface area contributed by atoms with Gasteiger partial charge in [-0.25, -0.2) is 0 Å². The maximum Gasteiger partial charge on any atom is 0.241 e. The predicted octanol–water partition coefficient (Wildman–Crippen LogP) is 2.24. The highest BCUT2D eigenvalue weighted by molar-refractivity contribution is 5.95. The molecule has 1 saturated heterocycles. The normalized spacial score (nSPS) is 16.0. The molecule has 1 aliphatic rings. The third-order valence-corrected chi connectivity index (χ3v) is 4.10. The Kier molecular flexibility index (Phi) is 5.30. The Morgan fingerprint density at radius 1 is 1.12 bits per heavy atom. The van der Waals surface area contributed by atoms with Crippen molar-refractivity contribution in [1.82, 2.24) is 10.2 Å². The molecule has 3 rings (SSSR count). The summed E-state index contributed by atoms with van der Waals surface area (Å²) in [7, 11) is 0. The molecule has 0 radical (unpaired) electrons. The van der Waals surface area contributed by atoms with Gasteiger partial charge in [0.2, 0.25) is 11.8 Å². The number of hydrogen-bond acceptors (Lipinski definition) is 4. The number of benzene rings is 2. The van der Waals surface area contributed by atoms with Gasteiger partial charge in [-0.05, 0) is 43.3 Å². The minimum absolute atomic E-state index is 0.0479. The van der Waals surface area contributed by atoms with E-state index in [1.54, 1.807) is 19.1 Å². The summed E-state index contributed by atoms with van der Waals surface area (Å²) in [5.41, 5.74) is 0.693. The van der Waals surface area contributed by atoms with Crippen LogP contribution in [0.5, 0.6) is 11.5 Å². The van der Waals surface area contributed by atoms with E-state index in [1.165, 1.54) is 0 Å². The SMILES string of the molecule is C[C@H](C(=O)Nc1ccc(Oc2ccccc2)cc1)N1CCNC(=O)C1. The summed E-state index contributed by atoms with van der Waals surface area (Å²) in [6.07, 6.45) is 0. The molecule has 1 heterocycles. The molecule has 6 nitrogen and oxygen atoms in total. The fraction of sp³-hybridized carbons (Fsp3) is 0.263. The van der Waals surface area contributed by atoms with Crippen LogP contribution in [0, 0.1) is 0 Å². The fourth-order valence-corrected chi connectivity index (χ4v) is 2.63. The number of piperazine rings is 1. The van der Waals surface area contributed by atoms with E-state index in [9.17, 15) is 9.59 Å². The van der Waals surface area contributed by atoms with Crippen molar-refractivity contribution in [1.29, 1.82) is 0 Å². The van der Waals surface area contributed by atoms with Crippen molar-refractivity contribution in [3.63, 3.8) is 0 Å². The number of carbonyl (C=O) groups excluding carboxylic acids is 2. The third-order valence-electron chi connectivity index (χ3n) is 4.10. The van der Waals surface area contributed by atoms with Gasteiger partial charge in [0.1, 0.15) is 11.5 Å². The number of hydrogen-bond donors (Lipinski definition) is 2. The number of ether oxygens (including phenoxy) is 1. The van der Waals surface area contributed by atoms with Gasteiger partial charge in [-0.1, -0.05) is 18.2 Å². The summed E-state index contributed by atoms with van der Waals surface area (Å²) < 4.78 is 5.73. The van der Waals surface area contributed by atoms with Crippen LogP contribution in [0.2, 0.25) is 0 Å². The van der Waals surface area contributed by atoms with E-state index in [0.717, 1.165) is 5.75 Å². The van der Waals surface area contributed by atoms with E-state index in [-0.39, 0.29) is 24.4 Å². The largest absolute Gasteiger partial charge is 0.457 e. The molecule has 2 N–H and O–H groups in total. The molecule has 0 aromatic heterocycles. The van der Waals surface area contributed by atoms with Crippen LogP contribution in [0.25, 0.3) is 0 Å². The molecule has 0 spiro atoms. The van der Waals surface area contributed by atoms with Gasteiger partial charge in [-0.2, -0.15) is 0 Å². The average Bonchev–Trinajstić information content (AvgIpc) is 2.63. The van der Waals surface area contributed by atoms with Crippen LogP contribution >= 0.6 is 0 Å².